The molecule has 8 unspecified atom stereocenters. The third kappa shape index (κ3) is 18.0. The molecule has 8 atom stereocenters. The zero-order chi connectivity index (χ0) is 87.4. The Balaban J connectivity index is 0.000000118. The number of hydrogen-bond acceptors (Lipinski definition) is 15. The van der Waals surface area contributed by atoms with E-state index in [1.54, 1.807) is 87.9 Å². The molecule has 27 heteroatoms. The van der Waals surface area contributed by atoms with Crippen LogP contribution in [-0.2, 0) is 71.4 Å². The number of aryl methyl sites for hydroxylation is 3. The van der Waals surface area contributed by atoms with Crippen molar-refractivity contribution in [2.75, 3.05) is 45.8 Å². The standard InChI is InChI=1S/C25H29Cl2NO.C25H25ClN2O3S.C24H24ClN3O4S.C24H23ClN2O3S/c26-20-14-19(15-21(27)16-20)24-22-8-4-5-9-23(22)25(29-24)10-12-28(13-11-25)17-18-6-2-1-3-7-18;1-17-7-9-20(10-8-17)32(29,30)28-14-12-25(16-18(28)2)22-6-4-3-5-21(22)24(31-25)23-15-19(26)11-13-27-23;1-16-7-8-22(26-15-16)33(30,31)28-12-10-24(14-17(28)2)20-6-4-3-5-19(20)23(32-24)21-13-18(25)9-11-27(21)29;1-17-6-9-19(10-7-17)31(28,29)27-14-12-24(13-15-27)21-5-3-2-4-20(21)23(30-24)22-11-8-18(25)16-26-22/h4-5,8-9,14-16,18,24H,1-3,6-7,10-13,17H2;3-11,13,15,18,24H,12,14,16H2,1-2H3;3-9,11,13,15,17,23H,10,12,14H2,1-2H3;2-11,16,23H,12-15H2,1H3. The van der Waals surface area contributed by atoms with E-state index in [0.29, 0.717) is 98.8 Å². The Bertz CT molecular complexity index is 6110. The van der Waals surface area contributed by atoms with E-state index in [2.05, 4.69) is 68.4 Å². The van der Waals surface area contributed by atoms with Crippen molar-refractivity contribution in [1.29, 1.82) is 0 Å². The topological polar surface area (TPSA) is 218 Å². The molecule has 0 bridgehead atoms. The van der Waals surface area contributed by atoms with Gasteiger partial charge in [-0.05, 0) is 233 Å². The Morgan fingerprint density at radius 1 is 0.416 bits per heavy atom. The van der Waals surface area contributed by atoms with Gasteiger partial charge in [0.15, 0.2) is 17.3 Å². The number of fused-ring (bicyclic) bond motifs is 8. The Hall–Kier alpha value is -8.08. The first-order chi connectivity index (χ1) is 60.0. The minimum Gasteiger partial charge on any atom is -0.618 e. The first-order valence-electron chi connectivity index (χ1n) is 43.0. The van der Waals surface area contributed by atoms with Gasteiger partial charge < -0.3 is 29.1 Å². The molecule has 0 N–H and O–H groups in total. The summed E-state index contributed by atoms with van der Waals surface area (Å²) in [4.78, 5) is 16.5. The first-order valence-corrected chi connectivity index (χ1v) is 49.2. The largest absolute Gasteiger partial charge is 0.618 e. The highest BCUT2D eigenvalue weighted by atomic mass is 35.5. The molecule has 11 aromatic rings. The SMILES string of the molecule is Cc1ccc(S(=O)(=O)N2CCC3(CC2)OC(c2ccc(Cl)cn2)c2ccccc23)cc1.Cc1ccc(S(=O)(=O)N2CCC3(CC2C)OC(c2cc(Cl)cc[n+]2[O-])c2ccccc23)nc1.Cc1ccc(S(=O)(=O)N2CCC3(CC2C)OC(c2cc(Cl)ccn2)c2ccccc23)cc1.Clc1cc(Cl)cc(C2OC3(CCN(CC4CCCCC4)CC3)c3ccccc32)c1. The third-order valence-electron chi connectivity index (χ3n) is 26.6. The second kappa shape index (κ2) is 36.5. The minimum absolute atomic E-state index is 0.0489. The number of benzene rings is 7. The predicted octanol–water partition coefficient (Wildman–Crippen LogP) is 20.9. The van der Waals surface area contributed by atoms with Gasteiger partial charge in [-0.3, -0.25) is 9.97 Å². The van der Waals surface area contributed by atoms with Crippen LogP contribution in [0.4, 0.5) is 0 Å². The number of piperidine rings is 4. The molecular formula is C98H101Cl5N8O11S3. The molecule has 12 heterocycles. The summed E-state index contributed by atoms with van der Waals surface area (Å²) in [6.45, 7) is 14.6. The molecule has 9 aliphatic rings. The lowest BCUT2D eigenvalue weighted by Crippen LogP contribution is -2.50. The Labute approximate surface area is 758 Å². The number of likely N-dealkylation sites (tertiary alicyclic amines) is 1. The average molecular weight is 1840 g/mol. The van der Waals surface area contributed by atoms with Crippen molar-refractivity contribution in [3.63, 3.8) is 0 Å². The molecule has 4 aromatic heterocycles. The second-order valence-electron chi connectivity index (χ2n) is 34.8. The fraction of sp³-hybridized carbons (Fsp3) is 0.367. The summed E-state index contributed by atoms with van der Waals surface area (Å²) < 4.78 is 112. The van der Waals surface area contributed by atoms with Crippen molar-refractivity contribution in [1.82, 2.24) is 32.8 Å². The maximum absolute atomic E-state index is 13.3. The molecule has 1 saturated carbocycles. The van der Waals surface area contributed by atoms with Crippen LogP contribution in [0.5, 0.6) is 0 Å². The third-order valence-corrected chi connectivity index (χ3v) is 33.6. The van der Waals surface area contributed by atoms with Crippen LogP contribution in [0, 0.1) is 31.9 Å². The number of rotatable bonds is 12. The lowest BCUT2D eigenvalue weighted by molar-refractivity contribution is -0.618. The lowest BCUT2D eigenvalue weighted by Gasteiger charge is -2.43. The van der Waals surface area contributed by atoms with E-state index < -0.39 is 53.0 Å². The molecule has 8 aliphatic heterocycles. The van der Waals surface area contributed by atoms with Gasteiger partial charge in [-0.2, -0.15) is 17.6 Å². The first kappa shape index (κ1) is 88.9. The maximum Gasteiger partial charge on any atom is 0.260 e. The molecule has 0 radical (unpaired) electrons. The normalized spacial score (nSPS) is 24.1. The van der Waals surface area contributed by atoms with Crippen LogP contribution in [0.1, 0.15) is 206 Å². The van der Waals surface area contributed by atoms with Gasteiger partial charge in [0.2, 0.25) is 25.7 Å². The van der Waals surface area contributed by atoms with Crippen LogP contribution in [0.2, 0.25) is 25.1 Å². The van der Waals surface area contributed by atoms with Gasteiger partial charge in [-0.25, -0.2) is 30.2 Å². The highest BCUT2D eigenvalue weighted by Gasteiger charge is 2.56. The van der Waals surface area contributed by atoms with Gasteiger partial charge in [-0.1, -0.05) is 216 Å². The average Bonchev–Trinajstić information content (AvgIpc) is 1.61. The van der Waals surface area contributed by atoms with Crippen LogP contribution < -0.4 is 4.73 Å². The number of nitrogens with zero attached hydrogens (tertiary/aromatic N) is 8. The van der Waals surface area contributed by atoms with Gasteiger partial charge in [0, 0.05) is 104 Å². The van der Waals surface area contributed by atoms with Crippen LogP contribution in [0.15, 0.2) is 252 Å². The molecule has 4 saturated heterocycles. The fourth-order valence-corrected chi connectivity index (χ4v) is 25.9. The van der Waals surface area contributed by atoms with Crippen LogP contribution in [-0.4, -0.2) is 116 Å². The molecule has 0 amide bonds. The highest BCUT2D eigenvalue weighted by molar-refractivity contribution is 7.89. The van der Waals surface area contributed by atoms with Crippen molar-refractivity contribution in [3.05, 3.63) is 351 Å². The lowest BCUT2D eigenvalue weighted by atomic mass is 9.81. The number of aromatic nitrogens is 4. The predicted molar refractivity (Wildman–Crippen MR) is 486 cm³/mol. The molecule has 1 aliphatic carbocycles. The van der Waals surface area contributed by atoms with Gasteiger partial charge in [-0.15, -0.1) is 0 Å². The van der Waals surface area contributed by atoms with Crippen molar-refractivity contribution in [3.8, 4) is 0 Å². The summed E-state index contributed by atoms with van der Waals surface area (Å²) in [5.74, 6) is 0.899. The second-order valence-corrected chi connectivity index (χ2v) is 42.6. The maximum atomic E-state index is 13.3. The van der Waals surface area contributed by atoms with Crippen LogP contribution in [0.25, 0.3) is 0 Å². The van der Waals surface area contributed by atoms with Gasteiger partial charge in [0.05, 0.1) is 53.6 Å². The summed E-state index contributed by atoms with van der Waals surface area (Å²) in [7, 11) is -10.8. The van der Waals surface area contributed by atoms with Crippen molar-refractivity contribution < 1.29 is 48.9 Å². The van der Waals surface area contributed by atoms with Crippen molar-refractivity contribution in [2.45, 2.75) is 192 Å². The van der Waals surface area contributed by atoms with Crippen molar-refractivity contribution >= 4 is 88.1 Å². The summed E-state index contributed by atoms with van der Waals surface area (Å²) in [5, 5.41) is 15.6. The Kier molecular flexibility index (Phi) is 25.9. The van der Waals surface area contributed by atoms with E-state index in [9.17, 15) is 30.5 Å². The van der Waals surface area contributed by atoms with Crippen LogP contribution >= 0.6 is 58.0 Å². The molecule has 7 aromatic carbocycles. The molecule has 19 nitrogen and oxygen atoms in total. The smallest absolute Gasteiger partial charge is 0.260 e. The zero-order valence-electron chi connectivity index (χ0n) is 70.4. The van der Waals surface area contributed by atoms with Crippen molar-refractivity contribution in [2.24, 2.45) is 5.92 Å². The minimum atomic E-state index is -3.73. The Morgan fingerprint density at radius 3 is 1.41 bits per heavy atom. The van der Waals surface area contributed by atoms with E-state index >= 15 is 0 Å². The molecule has 652 valence electrons. The summed E-state index contributed by atoms with van der Waals surface area (Å²) >= 11 is 31.0. The summed E-state index contributed by atoms with van der Waals surface area (Å²) in [6.07, 6.45) is 17.5. The van der Waals surface area contributed by atoms with E-state index in [1.165, 1.54) is 60.3 Å². The number of ether oxygens (including phenoxy) is 4. The van der Waals surface area contributed by atoms with E-state index in [1.807, 2.05) is 138 Å². The fourth-order valence-electron chi connectivity index (χ4n) is 20.3. The van der Waals surface area contributed by atoms with E-state index in [4.69, 9.17) is 77.0 Å². The summed E-state index contributed by atoms with van der Waals surface area (Å²) in [6, 6.07) is 65.9. The van der Waals surface area contributed by atoms with Gasteiger partial charge >= 0.3 is 0 Å². The quantitative estimate of drug-likeness (QED) is 0.0820. The summed E-state index contributed by atoms with van der Waals surface area (Å²) in [5.41, 5.74) is 13.0. The van der Waals surface area contributed by atoms with Gasteiger partial charge in [0.1, 0.15) is 18.3 Å². The number of pyridine rings is 4. The van der Waals surface area contributed by atoms with Gasteiger partial charge in [0.25, 0.3) is 10.0 Å². The molecule has 5 fully saturated rings. The van der Waals surface area contributed by atoms with E-state index in [-0.39, 0.29) is 47.6 Å². The molecule has 125 heavy (non-hydrogen) atoms. The zero-order valence-corrected chi connectivity index (χ0v) is 76.6. The Morgan fingerprint density at radius 2 is 0.880 bits per heavy atom. The monoisotopic (exact) mass is 1840 g/mol. The number of halogens is 5. The number of hydrogen-bond donors (Lipinski definition) is 0. The van der Waals surface area contributed by atoms with Crippen LogP contribution in [0.3, 0.4) is 0 Å². The molecule has 4 spiro atoms. The molecular weight excluding hydrogens is 1740 g/mol. The number of sulfonamides is 3. The van der Waals surface area contributed by atoms with E-state index in [0.717, 1.165) is 104 Å². The molecule has 20 rings (SSSR count). The highest BCUT2D eigenvalue weighted by Crippen LogP contribution is 2.57.